The lowest BCUT2D eigenvalue weighted by atomic mass is 10.2. The minimum Gasteiger partial charge on any atom is -0.351 e. The molecule has 3 aromatic rings. The van der Waals surface area contributed by atoms with Crippen molar-refractivity contribution in [3.8, 4) is 5.69 Å². The molecule has 32 heavy (non-hydrogen) atoms. The number of carbonyl (C=O) groups excluding carboxylic acids is 1. The highest BCUT2D eigenvalue weighted by atomic mass is 35.5. The van der Waals surface area contributed by atoms with Crippen molar-refractivity contribution >= 4 is 48.3 Å². The Bertz CT molecular complexity index is 1010. The molecule has 2 aromatic carbocycles. The van der Waals surface area contributed by atoms with Crippen LogP contribution in [0.4, 0.5) is 10.3 Å². The van der Waals surface area contributed by atoms with Gasteiger partial charge in [-0.25, -0.2) is 9.37 Å². The van der Waals surface area contributed by atoms with Gasteiger partial charge in [0.15, 0.2) is 0 Å². The van der Waals surface area contributed by atoms with Gasteiger partial charge in [0.2, 0.25) is 11.9 Å². The zero-order valence-corrected chi connectivity index (χ0v) is 19.7. The van der Waals surface area contributed by atoms with Gasteiger partial charge in [0.1, 0.15) is 5.82 Å². The normalized spacial score (nSPS) is 13.8. The molecule has 1 saturated heterocycles. The van der Waals surface area contributed by atoms with Crippen LogP contribution in [-0.2, 0) is 11.3 Å². The molecule has 0 bridgehead atoms. The molecule has 0 saturated carbocycles. The first-order valence-corrected chi connectivity index (χ1v) is 10.2. The topological polar surface area (TPSA) is 53.4 Å². The molecule has 2 heterocycles. The lowest BCUT2D eigenvalue weighted by Gasteiger charge is -2.35. The maximum Gasteiger partial charge on any atom is 0.234 e. The molecule has 0 atom stereocenters. The van der Waals surface area contributed by atoms with E-state index in [9.17, 15) is 9.18 Å². The van der Waals surface area contributed by atoms with E-state index in [2.05, 4.69) is 20.1 Å². The third-order valence-corrected chi connectivity index (χ3v) is 5.37. The Hall–Kier alpha value is -2.32. The first-order valence-electron chi connectivity index (χ1n) is 9.86. The highest BCUT2D eigenvalue weighted by molar-refractivity contribution is 6.30. The molecule has 10 heteroatoms. The molecule has 1 aliphatic rings. The maximum absolute atomic E-state index is 13.0. The molecule has 1 aromatic heterocycles. The van der Waals surface area contributed by atoms with Crippen LogP contribution in [0.1, 0.15) is 5.56 Å². The van der Waals surface area contributed by atoms with Crippen molar-refractivity contribution < 1.29 is 9.18 Å². The summed E-state index contributed by atoms with van der Waals surface area (Å²) in [7, 11) is 0. The van der Waals surface area contributed by atoms with Crippen molar-refractivity contribution in [1.82, 2.24) is 19.8 Å². The number of hydrogen-bond acceptors (Lipinski definition) is 4. The number of imidazole rings is 1. The predicted octanol–water partition coefficient (Wildman–Crippen LogP) is 3.95. The van der Waals surface area contributed by atoms with Crippen molar-refractivity contribution in [3.05, 3.63) is 77.3 Å². The third-order valence-electron chi connectivity index (χ3n) is 5.13. The Morgan fingerprint density at radius 2 is 1.78 bits per heavy atom. The van der Waals surface area contributed by atoms with Gasteiger partial charge in [0.05, 0.1) is 6.54 Å². The zero-order valence-electron chi connectivity index (χ0n) is 17.3. The van der Waals surface area contributed by atoms with Gasteiger partial charge < -0.3 is 10.2 Å². The number of benzene rings is 2. The lowest BCUT2D eigenvalue weighted by Crippen LogP contribution is -2.50. The quantitative estimate of drug-likeness (QED) is 0.557. The summed E-state index contributed by atoms with van der Waals surface area (Å²) in [6, 6.07) is 13.8. The fourth-order valence-corrected chi connectivity index (χ4v) is 3.71. The number of anilines is 1. The van der Waals surface area contributed by atoms with Crippen molar-refractivity contribution in [1.29, 1.82) is 0 Å². The minimum absolute atomic E-state index is 0. The SMILES string of the molecule is Cl.Cl.O=C(CN1CCN(c2nccn2-c2cccc(Cl)c2)CC1)NCc1ccc(F)cc1. The van der Waals surface area contributed by atoms with Crippen molar-refractivity contribution in [2.24, 2.45) is 0 Å². The second-order valence-corrected chi connectivity index (χ2v) is 7.68. The predicted molar refractivity (Wildman–Crippen MR) is 130 cm³/mol. The average Bonchev–Trinajstić information content (AvgIpc) is 3.24. The number of amides is 1. The summed E-state index contributed by atoms with van der Waals surface area (Å²) in [6.07, 6.45) is 3.71. The lowest BCUT2D eigenvalue weighted by molar-refractivity contribution is -0.122. The van der Waals surface area contributed by atoms with Crippen molar-refractivity contribution in [2.45, 2.75) is 6.54 Å². The molecule has 6 nitrogen and oxygen atoms in total. The first-order chi connectivity index (χ1) is 14.6. The van der Waals surface area contributed by atoms with Gasteiger partial charge in [-0.1, -0.05) is 29.8 Å². The highest BCUT2D eigenvalue weighted by Crippen LogP contribution is 2.22. The number of piperazine rings is 1. The molecule has 1 aliphatic heterocycles. The van der Waals surface area contributed by atoms with Gasteiger partial charge in [-0.15, -0.1) is 24.8 Å². The number of halogens is 4. The molecular formula is C22H25Cl3FN5O. The Kier molecular flexibility index (Phi) is 9.78. The Morgan fingerprint density at radius 1 is 1.06 bits per heavy atom. The summed E-state index contributed by atoms with van der Waals surface area (Å²) in [4.78, 5) is 21.1. The summed E-state index contributed by atoms with van der Waals surface area (Å²) in [5.74, 6) is 0.560. The zero-order chi connectivity index (χ0) is 20.9. The molecule has 4 rings (SSSR count). The second-order valence-electron chi connectivity index (χ2n) is 7.24. The fraction of sp³-hybridized carbons (Fsp3) is 0.273. The van der Waals surface area contributed by atoms with Crippen molar-refractivity contribution in [3.63, 3.8) is 0 Å². The summed E-state index contributed by atoms with van der Waals surface area (Å²) in [5, 5.41) is 3.58. The number of nitrogens with one attached hydrogen (secondary N) is 1. The average molecular weight is 501 g/mol. The number of aromatic nitrogens is 2. The first kappa shape index (κ1) is 25.9. The van der Waals surface area contributed by atoms with Gasteiger partial charge in [-0.2, -0.15) is 0 Å². The minimum atomic E-state index is -0.279. The largest absolute Gasteiger partial charge is 0.351 e. The van der Waals surface area contributed by atoms with Crippen LogP contribution in [0.15, 0.2) is 60.9 Å². The molecule has 0 aliphatic carbocycles. The van der Waals surface area contributed by atoms with E-state index in [1.165, 1.54) is 12.1 Å². The summed E-state index contributed by atoms with van der Waals surface area (Å²) in [5.41, 5.74) is 1.85. The monoisotopic (exact) mass is 499 g/mol. The van der Waals surface area contributed by atoms with Crippen LogP contribution in [0.2, 0.25) is 5.02 Å². The number of rotatable bonds is 6. The summed E-state index contributed by atoms with van der Waals surface area (Å²) in [6.45, 7) is 3.85. The Balaban J connectivity index is 0.00000181. The van der Waals surface area contributed by atoms with E-state index >= 15 is 0 Å². The molecule has 0 radical (unpaired) electrons. The van der Waals surface area contributed by atoms with E-state index in [0.717, 1.165) is 43.4 Å². The summed E-state index contributed by atoms with van der Waals surface area (Å²) < 4.78 is 15.0. The fourth-order valence-electron chi connectivity index (χ4n) is 3.52. The van der Waals surface area contributed by atoms with Gasteiger partial charge in [-0.05, 0) is 35.9 Å². The van der Waals surface area contributed by atoms with Crippen LogP contribution in [0.3, 0.4) is 0 Å². The molecule has 1 N–H and O–H groups in total. The number of carbonyl (C=O) groups is 1. The van der Waals surface area contributed by atoms with Gasteiger partial charge >= 0.3 is 0 Å². The molecule has 172 valence electrons. The van der Waals surface area contributed by atoms with Crippen LogP contribution in [0.25, 0.3) is 5.69 Å². The van der Waals surface area contributed by atoms with E-state index in [4.69, 9.17) is 11.6 Å². The van der Waals surface area contributed by atoms with Crippen LogP contribution in [0, 0.1) is 5.82 Å². The van der Waals surface area contributed by atoms with Crippen LogP contribution in [-0.4, -0.2) is 53.1 Å². The van der Waals surface area contributed by atoms with Gasteiger partial charge in [0, 0.05) is 55.8 Å². The molecule has 0 unspecified atom stereocenters. The van der Waals surface area contributed by atoms with E-state index in [1.54, 1.807) is 18.3 Å². The smallest absolute Gasteiger partial charge is 0.234 e. The molecule has 1 fully saturated rings. The second kappa shape index (κ2) is 12.1. The Morgan fingerprint density at radius 3 is 2.47 bits per heavy atom. The molecular weight excluding hydrogens is 476 g/mol. The van der Waals surface area contributed by atoms with Gasteiger partial charge in [0.25, 0.3) is 0 Å². The van der Waals surface area contributed by atoms with Crippen molar-refractivity contribution in [2.75, 3.05) is 37.6 Å². The Labute approximate surface area is 204 Å². The third kappa shape index (κ3) is 6.59. The molecule has 1 amide bonds. The van der Waals surface area contributed by atoms with Crippen LogP contribution < -0.4 is 10.2 Å². The number of nitrogens with zero attached hydrogens (tertiary/aromatic N) is 4. The van der Waals surface area contributed by atoms with Crippen LogP contribution in [0.5, 0.6) is 0 Å². The number of hydrogen-bond donors (Lipinski definition) is 1. The highest BCUT2D eigenvalue weighted by Gasteiger charge is 2.22. The summed E-state index contributed by atoms with van der Waals surface area (Å²) >= 11 is 6.13. The van der Waals surface area contributed by atoms with E-state index < -0.39 is 0 Å². The van der Waals surface area contributed by atoms with E-state index in [-0.39, 0.29) is 36.5 Å². The molecule has 0 spiro atoms. The van der Waals surface area contributed by atoms with E-state index in [0.29, 0.717) is 18.1 Å². The maximum atomic E-state index is 13.0. The van der Waals surface area contributed by atoms with Crippen LogP contribution >= 0.6 is 36.4 Å². The van der Waals surface area contributed by atoms with Gasteiger partial charge in [-0.3, -0.25) is 14.3 Å². The van der Waals surface area contributed by atoms with E-state index in [1.807, 2.05) is 35.0 Å². The standard InChI is InChI=1S/C22H23ClFN5O.2ClH/c23-18-2-1-3-20(14-18)29-9-8-25-22(29)28-12-10-27(11-13-28)16-21(30)26-15-17-4-6-19(24)7-5-17;;/h1-9,14H,10-13,15-16H2,(H,26,30);2*1H.